The summed E-state index contributed by atoms with van der Waals surface area (Å²) >= 11 is 19.7. The second-order valence-electron chi connectivity index (χ2n) is 8.97. The maximum absolute atomic E-state index is 11.4. The molecule has 0 saturated heterocycles. The largest absolute Gasteiger partial charge is 0.489 e. The van der Waals surface area contributed by atoms with Crippen molar-refractivity contribution in [1.29, 1.82) is 0 Å². The van der Waals surface area contributed by atoms with Crippen molar-refractivity contribution in [3.63, 3.8) is 0 Å². The number of carboxylic acid groups (broad SMARTS) is 1. The average Bonchev–Trinajstić information content (AvgIpc) is 3.67. The fourth-order valence-corrected chi connectivity index (χ4v) is 5.46. The van der Waals surface area contributed by atoms with Gasteiger partial charge < -0.3 is 14.7 Å². The van der Waals surface area contributed by atoms with Crippen molar-refractivity contribution in [2.45, 2.75) is 18.4 Å². The fraction of sp³-hybridized carbons (Fsp3) is 0.167. The zero-order valence-electron chi connectivity index (χ0n) is 19.9. The first kappa shape index (κ1) is 26.0. The molecular formula is C30H20Cl3NO4. The fourth-order valence-electron chi connectivity index (χ4n) is 4.55. The first-order valence-electron chi connectivity index (χ1n) is 11.7. The van der Waals surface area contributed by atoms with Crippen molar-refractivity contribution < 1.29 is 19.5 Å². The molecule has 38 heavy (non-hydrogen) atoms. The van der Waals surface area contributed by atoms with Crippen LogP contribution in [0.5, 0.6) is 5.75 Å². The summed E-state index contributed by atoms with van der Waals surface area (Å²) in [5, 5.41) is 10.8. The van der Waals surface area contributed by atoms with Gasteiger partial charge in [0, 0.05) is 43.9 Å². The third kappa shape index (κ3) is 5.07. The number of halogens is 3. The molecule has 3 aromatic carbocycles. The van der Waals surface area contributed by atoms with Gasteiger partial charge in [-0.3, -0.25) is 0 Å². The van der Waals surface area contributed by atoms with E-state index in [-0.39, 0.29) is 18.1 Å². The van der Waals surface area contributed by atoms with Crippen LogP contribution in [0.3, 0.4) is 0 Å². The van der Waals surface area contributed by atoms with Crippen molar-refractivity contribution >= 4 is 40.8 Å². The highest BCUT2D eigenvalue weighted by Gasteiger charge is 2.54. The van der Waals surface area contributed by atoms with Crippen LogP contribution in [-0.2, 0) is 10.4 Å². The monoisotopic (exact) mass is 563 g/mol. The molecule has 2 N–H and O–H groups in total. The maximum atomic E-state index is 11.4. The molecule has 2 aliphatic rings. The molecule has 0 bridgehead atoms. The van der Waals surface area contributed by atoms with Gasteiger partial charge in [0.2, 0.25) is 0 Å². The SMILES string of the molecule is C#Cc1cc(C#Cc2ccc(OCC3=CONC3(c3c(Cl)cccc3Cl)C3CC3)cc2Cl)cc(C(=O)O)c1. The van der Waals surface area contributed by atoms with Gasteiger partial charge in [-0.15, -0.1) is 11.9 Å². The van der Waals surface area contributed by atoms with E-state index in [1.807, 2.05) is 18.2 Å². The standard InChI is InChI=1S/C30H20Cl3NO4/c1-2-18-12-19(14-21(13-18)29(35)36)6-7-20-8-11-24(15-27(20)33)37-16-23-17-38-34-30(23,22-9-10-22)28-25(31)4-3-5-26(28)32/h1,3-5,8,11-15,17,22,34H,9-10,16H2,(H,35,36). The van der Waals surface area contributed by atoms with Gasteiger partial charge in [-0.1, -0.05) is 58.6 Å². The van der Waals surface area contributed by atoms with Crippen molar-refractivity contribution in [3.8, 4) is 29.9 Å². The molecule has 0 radical (unpaired) electrons. The zero-order chi connectivity index (χ0) is 26.9. The number of carbonyl (C=O) groups is 1. The van der Waals surface area contributed by atoms with Gasteiger partial charge in [0.25, 0.3) is 0 Å². The average molecular weight is 565 g/mol. The van der Waals surface area contributed by atoms with E-state index in [1.165, 1.54) is 12.1 Å². The van der Waals surface area contributed by atoms with E-state index >= 15 is 0 Å². The molecule has 0 amide bonds. The van der Waals surface area contributed by atoms with Gasteiger partial charge in [-0.25, -0.2) is 4.79 Å². The summed E-state index contributed by atoms with van der Waals surface area (Å²) in [4.78, 5) is 16.9. The van der Waals surface area contributed by atoms with Crippen LogP contribution >= 0.6 is 34.8 Å². The Labute approximate surface area is 235 Å². The molecule has 1 fully saturated rings. The smallest absolute Gasteiger partial charge is 0.335 e. The number of hydrogen-bond acceptors (Lipinski definition) is 4. The van der Waals surface area contributed by atoms with E-state index in [2.05, 4.69) is 23.2 Å². The first-order valence-corrected chi connectivity index (χ1v) is 12.8. The molecule has 5 nitrogen and oxygen atoms in total. The van der Waals surface area contributed by atoms with E-state index in [0.29, 0.717) is 37.5 Å². The topological polar surface area (TPSA) is 67.8 Å². The lowest BCUT2D eigenvalue weighted by atomic mass is 9.80. The molecule has 3 aromatic rings. The van der Waals surface area contributed by atoms with Crippen LogP contribution in [0.2, 0.25) is 15.1 Å². The highest BCUT2D eigenvalue weighted by Crippen LogP contribution is 2.54. The van der Waals surface area contributed by atoms with Crippen LogP contribution < -0.4 is 10.2 Å². The van der Waals surface area contributed by atoms with Gasteiger partial charge >= 0.3 is 5.97 Å². The number of aromatic carboxylic acids is 1. The Kier molecular flexibility index (Phi) is 7.30. The predicted octanol–water partition coefficient (Wildman–Crippen LogP) is 6.83. The Morgan fingerprint density at radius 2 is 1.79 bits per heavy atom. The Morgan fingerprint density at radius 1 is 1.05 bits per heavy atom. The van der Waals surface area contributed by atoms with Crippen molar-refractivity contribution in [1.82, 2.24) is 5.48 Å². The Bertz CT molecular complexity index is 1560. The summed E-state index contributed by atoms with van der Waals surface area (Å²) in [5.74, 6) is 8.09. The number of carboxylic acids is 1. The molecular weight excluding hydrogens is 545 g/mol. The molecule has 5 rings (SSSR count). The number of nitrogens with one attached hydrogen (secondary N) is 1. The van der Waals surface area contributed by atoms with Crippen molar-refractivity contribution in [2.24, 2.45) is 5.92 Å². The molecule has 1 unspecified atom stereocenters. The van der Waals surface area contributed by atoms with Crippen LogP contribution in [0.25, 0.3) is 0 Å². The minimum absolute atomic E-state index is 0.0691. The minimum atomic E-state index is -1.08. The molecule has 190 valence electrons. The highest BCUT2D eigenvalue weighted by molar-refractivity contribution is 6.36. The zero-order valence-corrected chi connectivity index (χ0v) is 22.1. The van der Waals surface area contributed by atoms with Crippen LogP contribution in [0.1, 0.15) is 45.5 Å². The number of terminal acetylenes is 1. The van der Waals surface area contributed by atoms with Crippen LogP contribution in [0.15, 0.2) is 66.4 Å². The summed E-state index contributed by atoms with van der Waals surface area (Å²) in [5.41, 5.74) is 5.67. The van der Waals surface area contributed by atoms with E-state index in [9.17, 15) is 9.90 Å². The third-order valence-corrected chi connectivity index (χ3v) is 7.44. The van der Waals surface area contributed by atoms with Gasteiger partial charge in [0.05, 0.1) is 10.6 Å². The van der Waals surface area contributed by atoms with Gasteiger partial charge in [0.15, 0.2) is 0 Å². The number of hydrogen-bond donors (Lipinski definition) is 2. The number of hydroxylamine groups is 1. The second kappa shape index (κ2) is 10.7. The van der Waals surface area contributed by atoms with E-state index in [1.54, 1.807) is 30.5 Å². The molecule has 1 saturated carbocycles. The predicted molar refractivity (Wildman–Crippen MR) is 147 cm³/mol. The quantitative estimate of drug-likeness (QED) is 0.321. The van der Waals surface area contributed by atoms with Crippen LogP contribution in [-0.4, -0.2) is 17.7 Å². The highest BCUT2D eigenvalue weighted by atomic mass is 35.5. The molecule has 8 heteroatoms. The minimum Gasteiger partial charge on any atom is -0.489 e. The van der Waals surface area contributed by atoms with Crippen LogP contribution in [0, 0.1) is 30.1 Å². The third-order valence-electron chi connectivity index (χ3n) is 6.50. The Morgan fingerprint density at radius 3 is 2.45 bits per heavy atom. The Hall–Kier alpha value is -3.58. The maximum Gasteiger partial charge on any atom is 0.335 e. The molecule has 0 aromatic heterocycles. The first-order chi connectivity index (χ1) is 18.3. The summed E-state index contributed by atoms with van der Waals surface area (Å²) < 4.78 is 6.10. The lowest BCUT2D eigenvalue weighted by molar-refractivity contribution is 0.0696. The Balaban J connectivity index is 1.35. The molecule has 1 heterocycles. The van der Waals surface area contributed by atoms with Crippen molar-refractivity contribution in [3.05, 3.63) is 109 Å². The van der Waals surface area contributed by atoms with Gasteiger partial charge in [-0.05, 0) is 61.2 Å². The number of rotatable bonds is 6. The number of ether oxygens (including phenoxy) is 1. The summed E-state index contributed by atoms with van der Waals surface area (Å²) in [6.07, 6.45) is 9.10. The molecule has 1 aliphatic carbocycles. The lowest BCUT2D eigenvalue weighted by Gasteiger charge is -2.33. The summed E-state index contributed by atoms with van der Waals surface area (Å²) in [7, 11) is 0. The summed E-state index contributed by atoms with van der Waals surface area (Å²) in [6, 6.07) is 15.2. The van der Waals surface area contributed by atoms with E-state index in [0.717, 1.165) is 24.0 Å². The molecule has 1 aliphatic heterocycles. The lowest BCUT2D eigenvalue weighted by Crippen LogP contribution is -2.43. The van der Waals surface area contributed by atoms with Gasteiger partial charge in [-0.2, -0.15) is 0 Å². The molecule has 1 atom stereocenters. The normalized spacial score (nSPS) is 18.0. The number of benzene rings is 3. The van der Waals surface area contributed by atoms with Gasteiger partial charge in [0.1, 0.15) is 24.2 Å². The van der Waals surface area contributed by atoms with Crippen molar-refractivity contribution in [2.75, 3.05) is 6.61 Å². The molecule has 0 spiro atoms. The van der Waals surface area contributed by atoms with E-state index in [4.69, 9.17) is 50.8 Å². The second-order valence-corrected chi connectivity index (χ2v) is 10.2. The van der Waals surface area contributed by atoms with E-state index < -0.39 is 11.5 Å². The summed E-state index contributed by atoms with van der Waals surface area (Å²) in [6.45, 7) is 0.225. The van der Waals surface area contributed by atoms with Crippen LogP contribution in [0.4, 0.5) is 0 Å².